The molecule has 0 amide bonds. The van der Waals surface area contributed by atoms with Gasteiger partial charge in [0, 0.05) is 6.54 Å². The quantitative estimate of drug-likeness (QED) is 0.539. The molecule has 130 valence electrons. The Balaban J connectivity index is 1.78. The van der Waals surface area contributed by atoms with E-state index in [-0.39, 0.29) is 16.3 Å². The minimum Gasteiger partial charge on any atom is -0.409 e. The van der Waals surface area contributed by atoms with Gasteiger partial charge in [0.2, 0.25) is 5.89 Å². The van der Waals surface area contributed by atoms with E-state index in [1.165, 1.54) is 10.7 Å². The third kappa shape index (κ3) is 4.10. The van der Waals surface area contributed by atoms with Crippen LogP contribution < -0.4 is 0 Å². The van der Waals surface area contributed by atoms with Gasteiger partial charge in [0.1, 0.15) is 5.82 Å². The number of aromatic nitrogens is 2. The summed E-state index contributed by atoms with van der Waals surface area (Å²) in [7, 11) is 1.89. The minimum absolute atomic E-state index is 0.150. The monoisotopic (exact) mass is 397 g/mol. The average Bonchev–Trinajstić information content (AvgIpc) is 2.93. The van der Waals surface area contributed by atoms with Crippen molar-refractivity contribution < 1.29 is 8.81 Å². The van der Waals surface area contributed by atoms with Crippen LogP contribution in [0.3, 0.4) is 0 Å². The van der Waals surface area contributed by atoms with Crippen LogP contribution in [-0.2, 0) is 13.2 Å². The van der Waals surface area contributed by atoms with E-state index < -0.39 is 5.82 Å². The van der Waals surface area contributed by atoms with E-state index in [9.17, 15) is 4.39 Å². The fourth-order valence-corrected chi connectivity index (χ4v) is 2.94. The fourth-order valence-electron chi connectivity index (χ4n) is 2.38. The standard InChI is InChI=1S/C17H14Cl2FN3OS/c1-22(9-11-5-4-7-13(18)15(11)19)10-23-17(25)24-16(21-23)12-6-2-3-8-14(12)20/h2-8H,9-10H2,1H3. The second-order valence-electron chi connectivity index (χ2n) is 5.52. The van der Waals surface area contributed by atoms with Crippen molar-refractivity contribution in [3.8, 4) is 11.5 Å². The highest BCUT2D eigenvalue weighted by molar-refractivity contribution is 7.71. The Bertz CT molecular complexity index is 957. The van der Waals surface area contributed by atoms with E-state index in [2.05, 4.69) is 5.10 Å². The molecule has 8 heteroatoms. The number of hydrogen-bond acceptors (Lipinski definition) is 4. The summed E-state index contributed by atoms with van der Waals surface area (Å²) in [5.74, 6) is -0.262. The molecule has 0 saturated carbocycles. The first-order valence-electron chi connectivity index (χ1n) is 7.40. The molecule has 25 heavy (non-hydrogen) atoms. The van der Waals surface area contributed by atoms with E-state index in [0.717, 1.165) is 5.56 Å². The average molecular weight is 398 g/mol. The second-order valence-corrected chi connectivity index (χ2v) is 6.66. The van der Waals surface area contributed by atoms with E-state index in [1.807, 2.05) is 24.1 Å². The van der Waals surface area contributed by atoms with Crippen LogP contribution in [0.25, 0.3) is 11.5 Å². The van der Waals surface area contributed by atoms with E-state index >= 15 is 0 Å². The van der Waals surface area contributed by atoms with Crippen molar-refractivity contribution in [3.63, 3.8) is 0 Å². The summed E-state index contributed by atoms with van der Waals surface area (Å²) < 4.78 is 20.8. The van der Waals surface area contributed by atoms with Crippen LogP contribution in [0.15, 0.2) is 46.9 Å². The van der Waals surface area contributed by atoms with E-state index in [4.69, 9.17) is 39.8 Å². The summed E-state index contributed by atoms with van der Waals surface area (Å²) >= 11 is 17.4. The lowest BCUT2D eigenvalue weighted by Crippen LogP contribution is -2.22. The van der Waals surface area contributed by atoms with Crippen LogP contribution in [0, 0.1) is 10.7 Å². The smallest absolute Gasteiger partial charge is 0.288 e. The first-order chi connectivity index (χ1) is 12.0. The molecule has 0 N–H and O–H groups in total. The molecule has 0 saturated heterocycles. The zero-order valence-corrected chi connectivity index (χ0v) is 15.6. The van der Waals surface area contributed by atoms with Crippen molar-refractivity contribution in [1.82, 2.24) is 14.7 Å². The Morgan fingerprint density at radius 3 is 2.72 bits per heavy atom. The van der Waals surface area contributed by atoms with Gasteiger partial charge in [0.15, 0.2) is 0 Å². The molecule has 0 atom stereocenters. The number of benzene rings is 2. The van der Waals surface area contributed by atoms with Crippen molar-refractivity contribution in [2.75, 3.05) is 7.05 Å². The van der Waals surface area contributed by atoms with Crippen molar-refractivity contribution in [1.29, 1.82) is 0 Å². The van der Waals surface area contributed by atoms with Crippen LogP contribution in [-0.4, -0.2) is 21.7 Å². The maximum absolute atomic E-state index is 13.9. The van der Waals surface area contributed by atoms with Crippen molar-refractivity contribution in [2.24, 2.45) is 0 Å². The molecule has 3 aromatic rings. The summed E-state index contributed by atoms with van der Waals surface area (Å²) in [5.41, 5.74) is 1.16. The highest BCUT2D eigenvalue weighted by Gasteiger charge is 2.14. The molecule has 0 unspecified atom stereocenters. The minimum atomic E-state index is -0.412. The third-order valence-electron chi connectivity index (χ3n) is 3.56. The molecule has 4 nitrogen and oxygen atoms in total. The summed E-state index contributed by atoms with van der Waals surface area (Å²) in [6.07, 6.45) is 0. The molecule has 0 radical (unpaired) electrons. The van der Waals surface area contributed by atoms with Gasteiger partial charge in [-0.15, -0.1) is 5.10 Å². The molecule has 1 heterocycles. The molecule has 1 aromatic heterocycles. The van der Waals surface area contributed by atoms with Crippen molar-refractivity contribution in [3.05, 3.63) is 68.7 Å². The Morgan fingerprint density at radius 1 is 1.20 bits per heavy atom. The molecule has 0 aliphatic rings. The lowest BCUT2D eigenvalue weighted by atomic mass is 10.2. The Labute approximate surface area is 159 Å². The lowest BCUT2D eigenvalue weighted by Gasteiger charge is -2.17. The van der Waals surface area contributed by atoms with Crippen LogP contribution in [0.1, 0.15) is 5.56 Å². The predicted molar refractivity (Wildman–Crippen MR) is 98.7 cm³/mol. The number of rotatable bonds is 5. The summed E-state index contributed by atoms with van der Waals surface area (Å²) in [6.45, 7) is 0.905. The molecule has 2 aromatic carbocycles. The zero-order valence-electron chi connectivity index (χ0n) is 13.2. The van der Waals surface area contributed by atoms with Gasteiger partial charge in [-0.25, -0.2) is 9.07 Å². The van der Waals surface area contributed by atoms with Gasteiger partial charge in [0.25, 0.3) is 4.84 Å². The van der Waals surface area contributed by atoms with Crippen molar-refractivity contribution >= 4 is 35.4 Å². The van der Waals surface area contributed by atoms with Crippen LogP contribution in [0.5, 0.6) is 0 Å². The van der Waals surface area contributed by atoms with Gasteiger partial charge in [-0.1, -0.05) is 47.5 Å². The second kappa shape index (κ2) is 7.66. The Hall–Kier alpha value is -1.73. The highest BCUT2D eigenvalue weighted by atomic mass is 35.5. The van der Waals surface area contributed by atoms with Gasteiger partial charge < -0.3 is 4.42 Å². The predicted octanol–water partition coefficient (Wildman–Crippen LogP) is 5.41. The SMILES string of the molecule is CN(Cc1cccc(Cl)c1Cl)Cn1nc(-c2ccccc2F)oc1=S. The zero-order chi connectivity index (χ0) is 18.0. The maximum Gasteiger partial charge on any atom is 0.288 e. The molecule has 0 bridgehead atoms. The summed E-state index contributed by atoms with van der Waals surface area (Å²) in [4.78, 5) is 2.11. The van der Waals surface area contributed by atoms with Gasteiger partial charge >= 0.3 is 0 Å². The molecular formula is C17H14Cl2FN3OS. The first-order valence-corrected chi connectivity index (χ1v) is 8.56. The van der Waals surface area contributed by atoms with E-state index in [0.29, 0.717) is 23.3 Å². The molecule has 0 fully saturated rings. The Morgan fingerprint density at radius 2 is 1.96 bits per heavy atom. The Kier molecular flexibility index (Phi) is 5.54. The summed E-state index contributed by atoms with van der Waals surface area (Å²) in [5, 5.41) is 5.29. The molecule has 0 aliphatic heterocycles. The van der Waals surface area contributed by atoms with E-state index in [1.54, 1.807) is 24.3 Å². The normalized spacial score (nSPS) is 11.2. The van der Waals surface area contributed by atoms with Gasteiger partial charge in [0.05, 0.1) is 22.3 Å². The maximum atomic E-state index is 13.9. The molecular weight excluding hydrogens is 384 g/mol. The number of hydrogen-bond donors (Lipinski definition) is 0. The third-order valence-corrected chi connectivity index (χ3v) is 4.71. The molecule has 3 rings (SSSR count). The summed E-state index contributed by atoms with van der Waals surface area (Å²) in [6, 6.07) is 11.7. The number of halogens is 3. The fraction of sp³-hybridized carbons (Fsp3) is 0.176. The first kappa shape index (κ1) is 18.1. The molecule has 0 aliphatic carbocycles. The van der Waals surface area contributed by atoms with Gasteiger partial charge in [-0.3, -0.25) is 4.90 Å². The van der Waals surface area contributed by atoms with Gasteiger partial charge in [-0.2, -0.15) is 0 Å². The van der Waals surface area contributed by atoms with Crippen LogP contribution in [0.2, 0.25) is 10.0 Å². The van der Waals surface area contributed by atoms with Crippen LogP contribution in [0.4, 0.5) is 4.39 Å². The lowest BCUT2D eigenvalue weighted by molar-refractivity contribution is 0.241. The largest absolute Gasteiger partial charge is 0.409 e. The highest BCUT2D eigenvalue weighted by Crippen LogP contribution is 2.26. The van der Waals surface area contributed by atoms with Crippen LogP contribution >= 0.6 is 35.4 Å². The van der Waals surface area contributed by atoms with Crippen molar-refractivity contribution in [2.45, 2.75) is 13.2 Å². The van der Waals surface area contributed by atoms with Gasteiger partial charge in [-0.05, 0) is 43.0 Å². The molecule has 0 spiro atoms. The number of nitrogens with zero attached hydrogens (tertiary/aromatic N) is 3. The topological polar surface area (TPSA) is 34.2 Å².